The van der Waals surface area contributed by atoms with E-state index < -0.39 is 12.1 Å². The molecule has 0 saturated carbocycles. The van der Waals surface area contributed by atoms with E-state index in [1.165, 1.54) is 18.9 Å². The lowest BCUT2D eigenvalue weighted by Crippen LogP contribution is -2.48. The first-order valence-corrected chi connectivity index (χ1v) is 9.50. The monoisotopic (exact) mass is 408 g/mol. The molecule has 0 aromatic heterocycles. The summed E-state index contributed by atoms with van der Waals surface area (Å²) in [5, 5.41) is 8.42. The molecule has 1 aromatic carbocycles. The normalized spacial score (nSPS) is 17.0. The van der Waals surface area contributed by atoms with Crippen molar-refractivity contribution in [2.24, 2.45) is 0 Å². The third kappa shape index (κ3) is 5.95. The van der Waals surface area contributed by atoms with Crippen LogP contribution in [0.25, 0.3) is 0 Å². The summed E-state index contributed by atoms with van der Waals surface area (Å²) < 4.78 is 0. The fourth-order valence-electron chi connectivity index (χ4n) is 3.23. The van der Waals surface area contributed by atoms with Gasteiger partial charge >= 0.3 is 0 Å². The highest BCUT2D eigenvalue weighted by atomic mass is 35.5. The Bertz CT molecular complexity index is 738. The predicted octanol–water partition coefficient (Wildman–Crippen LogP) is 0.761. The highest BCUT2D eigenvalue weighted by Crippen LogP contribution is 2.20. The Hall–Kier alpha value is -2.61. The summed E-state index contributed by atoms with van der Waals surface area (Å²) in [6.07, 6.45) is 1.34. The summed E-state index contributed by atoms with van der Waals surface area (Å²) in [6, 6.07) is 5.81. The zero-order valence-electron chi connectivity index (χ0n) is 16.0. The quantitative estimate of drug-likeness (QED) is 0.619. The maximum atomic E-state index is 12.4. The summed E-state index contributed by atoms with van der Waals surface area (Å²) in [6.45, 7) is 1.67. The van der Waals surface area contributed by atoms with Crippen LogP contribution in [0.5, 0.6) is 0 Å². The van der Waals surface area contributed by atoms with Crippen LogP contribution in [-0.4, -0.2) is 54.7 Å². The molecule has 28 heavy (non-hydrogen) atoms. The molecule has 1 fully saturated rings. The van der Waals surface area contributed by atoms with E-state index in [0.717, 1.165) is 12.0 Å². The van der Waals surface area contributed by atoms with E-state index in [4.69, 9.17) is 11.6 Å². The fourth-order valence-corrected chi connectivity index (χ4v) is 3.36. The standard InChI is InChI=1S/C19H25ClN4O4/c1-12(25)23-15(13-5-7-14(20)8-6-13)10-17(26)22-11-18(27)24-9-3-4-16(24)19(28)21-2/h5-8,15-16H,3-4,9-11H2,1-2H3,(H,21,28)(H,22,26)(H,23,25). The topological polar surface area (TPSA) is 108 Å². The van der Waals surface area contributed by atoms with Crippen molar-refractivity contribution in [3.05, 3.63) is 34.9 Å². The van der Waals surface area contributed by atoms with Crippen molar-refractivity contribution in [2.45, 2.75) is 38.3 Å². The first-order valence-electron chi connectivity index (χ1n) is 9.12. The minimum Gasteiger partial charge on any atom is -0.357 e. The smallest absolute Gasteiger partial charge is 0.242 e. The molecule has 1 heterocycles. The SMILES string of the molecule is CNC(=O)C1CCCN1C(=O)CNC(=O)CC(NC(C)=O)c1ccc(Cl)cc1. The molecular weight excluding hydrogens is 384 g/mol. The highest BCUT2D eigenvalue weighted by molar-refractivity contribution is 6.30. The van der Waals surface area contributed by atoms with Crippen LogP contribution in [0.3, 0.4) is 0 Å². The number of nitrogens with zero attached hydrogens (tertiary/aromatic N) is 1. The number of hydrogen-bond acceptors (Lipinski definition) is 4. The van der Waals surface area contributed by atoms with Crippen molar-refractivity contribution in [3.63, 3.8) is 0 Å². The van der Waals surface area contributed by atoms with E-state index in [0.29, 0.717) is 18.0 Å². The Morgan fingerprint density at radius 3 is 2.50 bits per heavy atom. The number of likely N-dealkylation sites (tertiary alicyclic amines) is 1. The summed E-state index contributed by atoms with van der Waals surface area (Å²) in [5.41, 5.74) is 0.736. The van der Waals surface area contributed by atoms with E-state index in [2.05, 4.69) is 16.0 Å². The van der Waals surface area contributed by atoms with E-state index in [1.54, 1.807) is 24.3 Å². The summed E-state index contributed by atoms with van der Waals surface area (Å²) in [7, 11) is 1.53. The van der Waals surface area contributed by atoms with Crippen LogP contribution in [-0.2, 0) is 19.2 Å². The molecule has 1 aromatic rings. The third-order valence-electron chi connectivity index (χ3n) is 4.60. The van der Waals surface area contributed by atoms with Crippen molar-refractivity contribution in [3.8, 4) is 0 Å². The number of rotatable bonds is 7. The van der Waals surface area contributed by atoms with Gasteiger partial charge in [0.15, 0.2) is 0 Å². The molecule has 1 saturated heterocycles. The van der Waals surface area contributed by atoms with Gasteiger partial charge in [0, 0.05) is 25.5 Å². The lowest BCUT2D eigenvalue weighted by atomic mass is 10.0. The van der Waals surface area contributed by atoms with Gasteiger partial charge in [0.1, 0.15) is 6.04 Å². The van der Waals surface area contributed by atoms with Crippen LogP contribution in [0.4, 0.5) is 0 Å². The number of carbonyl (C=O) groups is 4. The number of hydrogen-bond donors (Lipinski definition) is 3. The van der Waals surface area contributed by atoms with Crippen LogP contribution in [0, 0.1) is 0 Å². The number of likely N-dealkylation sites (N-methyl/N-ethyl adjacent to an activating group) is 1. The molecule has 3 N–H and O–H groups in total. The van der Waals surface area contributed by atoms with Gasteiger partial charge in [0.2, 0.25) is 23.6 Å². The number of halogens is 1. The van der Waals surface area contributed by atoms with E-state index in [9.17, 15) is 19.2 Å². The van der Waals surface area contributed by atoms with Gasteiger partial charge in [-0.15, -0.1) is 0 Å². The molecule has 1 aliphatic heterocycles. The number of nitrogens with one attached hydrogen (secondary N) is 3. The number of amides is 4. The zero-order chi connectivity index (χ0) is 20.7. The molecule has 4 amide bonds. The largest absolute Gasteiger partial charge is 0.357 e. The average Bonchev–Trinajstić information content (AvgIpc) is 3.15. The second-order valence-electron chi connectivity index (χ2n) is 6.64. The van der Waals surface area contributed by atoms with Crippen LogP contribution < -0.4 is 16.0 Å². The van der Waals surface area contributed by atoms with Crippen LogP contribution in [0.15, 0.2) is 24.3 Å². The second kappa shape index (κ2) is 10.1. The lowest BCUT2D eigenvalue weighted by molar-refractivity contribution is -0.138. The Balaban J connectivity index is 1.93. The molecule has 8 nitrogen and oxygen atoms in total. The minimum atomic E-state index is -0.532. The van der Waals surface area contributed by atoms with Crippen molar-refractivity contribution < 1.29 is 19.2 Å². The Kier molecular flexibility index (Phi) is 7.80. The number of benzene rings is 1. The summed E-state index contributed by atoms with van der Waals surface area (Å²) in [5.74, 6) is -1.15. The molecule has 1 aliphatic rings. The number of carbonyl (C=O) groups excluding carboxylic acids is 4. The predicted molar refractivity (Wildman–Crippen MR) is 104 cm³/mol. The summed E-state index contributed by atoms with van der Waals surface area (Å²) in [4.78, 5) is 49.5. The molecule has 0 bridgehead atoms. The molecular formula is C19H25ClN4O4. The Morgan fingerprint density at radius 2 is 1.89 bits per heavy atom. The van der Waals surface area contributed by atoms with Crippen molar-refractivity contribution in [1.29, 1.82) is 0 Å². The summed E-state index contributed by atoms with van der Waals surface area (Å²) >= 11 is 5.88. The van der Waals surface area contributed by atoms with Gasteiger partial charge in [-0.2, -0.15) is 0 Å². The van der Waals surface area contributed by atoms with Gasteiger partial charge in [0.05, 0.1) is 19.0 Å². The average molecular weight is 409 g/mol. The van der Waals surface area contributed by atoms with Crippen LogP contribution >= 0.6 is 11.6 Å². The third-order valence-corrected chi connectivity index (χ3v) is 4.85. The molecule has 152 valence electrons. The van der Waals surface area contributed by atoms with Gasteiger partial charge in [-0.3, -0.25) is 19.2 Å². The Morgan fingerprint density at radius 1 is 1.21 bits per heavy atom. The molecule has 9 heteroatoms. The fraction of sp³-hybridized carbons (Fsp3) is 0.474. The van der Waals surface area contributed by atoms with Crippen molar-refractivity contribution in [2.75, 3.05) is 20.1 Å². The van der Waals surface area contributed by atoms with Crippen LogP contribution in [0.1, 0.15) is 37.8 Å². The van der Waals surface area contributed by atoms with Gasteiger partial charge in [-0.05, 0) is 30.5 Å². The molecule has 0 aliphatic carbocycles. The van der Waals surface area contributed by atoms with Crippen molar-refractivity contribution in [1.82, 2.24) is 20.9 Å². The van der Waals surface area contributed by atoms with Gasteiger partial charge < -0.3 is 20.9 Å². The van der Waals surface area contributed by atoms with Crippen molar-refractivity contribution >= 4 is 35.2 Å². The molecule has 2 unspecified atom stereocenters. The zero-order valence-corrected chi connectivity index (χ0v) is 16.7. The molecule has 0 spiro atoms. The van der Waals surface area contributed by atoms with Gasteiger partial charge in [-0.1, -0.05) is 23.7 Å². The molecule has 2 rings (SSSR count). The van der Waals surface area contributed by atoms with E-state index in [1.807, 2.05) is 0 Å². The maximum Gasteiger partial charge on any atom is 0.242 e. The van der Waals surface area contributed by atoms with Gasteiger partial charge in [-0.25, -0.2) is 0 Å². The van der Waals surface area contributed by atoms with Gasteiger partial charge in [0.25, 0.3) is 0 Å². The molecule has 0 radical (unpaired) electrons. The highest BCUT2D eigenvalue weighted by Gasteiger charge is 2.33. The van der Waals surface area contributed by atoms with E-state index in [-0.39, 0.29) is 36.6 Å². The Labute approximate surface area is 169 Å². The molecule has 2 atom stereocenters. The first kappa shape index (κ1) is 21.7. The lowest BCUT2D eigenvalue weighted by Gasteiger charge is -2.24. The van der Waals surface area contributed by atoms with Crippen LogP contribution in [0.2, 0.25) is 5.02 Å². The maximum absolute atomic E-state index is 12.4. The second-order valence-corrected chi connectivity index (χ2v) is 7.08. The van der Waals surface area contributed by atoms with E-state index >= 15 is 0 Å². The first-order chi connectivity index (χ1) is 13.3. The minimum absolute atomic E-state index is 0.0205.